The van der Waals surface area contributed by atoms with E-state index < -0.39 is 26.2 Å². The van der Waals surface area contributed by atoms with Gasteiger partial charge in [0.05, 0.1) is 0 Å². The molecule has 2 aromatic rings. The minimum absolute atomic E-state index is 0.257. The molecule has 0 saturated carbocycles. The number of hydrogen-bond donors (Lipinski definition) is 0. The van der Waals surface area contributed by atoms with E-state index in [-0.39, 0.29) is 5.82 Å². The van der Waals surface area contributed by atoms with E-state index in [1.807, 2.05) is 36.4 Å². The first-order valence-electron chi connectivity index (χ1n) is 5.55. The van der Waals surface area contributed by atoms with E-state index in [1.54, 1.807) is 6.07 Å². The fourth-order valence-electron chi connectivity index (χ4n) is 1.53. The van der Waals surface area contributed by atoms with Crippen molar-refractivity contribution < 1.29 is 9.18 Å². The minimum atomic E-state index is -0.854. The Labute approximate surface area is 126 Å². The fraction of sp³-hybridized carbons (Fsp3) is 0. The van der Waals surface area contributed by atoms with Crippen LogP contribution in [0.1, 0.15) is 5.56 Å². The van der Waals surface area contributed by atoms with Gasteiger partial charge < -0.3 is 0 Å². The number of halogens is 2. The Morgan fingerprint density at radius 3 is 2.47 bits per heavy atom. The van der Waals surface area contributed by atoms with E-state index in [0.29, 0.717) is 0 Å². The first kappa shape index (κ1) is 14.3. The summed E-state index contributed by atoms with van der Waals surface area (Å²) < 4.78 is 15.0. The molecule has 19 heavy (non-hydrogen) atoms. The molecule has 0 spiro atoms. The van der Waals surface area contributed by atoms with Gasteiger partial charge in [0.2, 0.25) is 0 Å². The maximum absolute atomic E-state index is 13.2. The Balaban J connectivity index is 2.33. The molecule has 0 unspecified atom stereocenters. The van der Waals surface area contributed by atoms with Crippen molar-refractivity contribution in [1.29, 1.82) is 0 Å². The first-order chi connectivity index (χ1) is 9.15. The zero-order valence-corrected chi connectivity index (χ0v) is 12.9. The van der Waals surface area contributed by atoms with Gasteiger partial charge in [-0.25, -0.2) is 0 Å². The second kappa shape index (κ2) is 6.86. The van der Waals surface area contributed by atoms with Crippen LogP contribution < -0.4 is 3.61 Å². The molecule has 0 fully saturated rings. The van der Waals surface area contributed by atoms with Gasteiger partial charge in [-0.1, -0.05) is 0 Å². The topological polar surface area (TPSA) is 17.1 Å². The van der Waals surface area contributed by atoms with Crippen LogP contribution in [0.4, 0.5) is 4.39 Å². The number of allylic oxidation sites excluding steroid dienone is 1. The maximum atomic E-state index is 13.2. The molecule has 0 aromatic heterocycles. The van der Waals surface area contributed by atoms with Gasteiger partial charge in [-0.3, -0.25) is 0 Å². The second-order valence-electron chi connectivity index (χ2n) is 3.74. The Morgan fingerprint density at radius 2 is 1.84 bits per heavy atom. The third kappa shape index (κ3) is 4.47. The van der Waals surface area contributed by atoms with Crippen LogP contribution in [0.25, 0.3) is 3.62 Å². The zero-order valence-electron chi connectivity index (χ0n) is 9.85. The molecule has 0 aliphatic rings. The number of carbonyl (C=O) groups excluding carboxylic acids is 1. The van der Waals surface area contributed by atoms with E-state index in [2.05, 4.69) is 0 Å². The average molecular weight is 388 g/mol. The normalized spacial score (nSPS) is 11.4. The van der Waals surface area contributed by atoms with Gasteiger partial charge >= 0.3 is 126 Å². The van der Waals surface area contributed by atoms with Gasteiger partial charge in [0.25, 0.3) is 0 Å². The molecule has 0 amide bonds. The van der Waals surface area contributed by atoms with Crippen LogP contribution in [0.5, 0.6) is 0 Å². The summed E-state index contributed by atoms with van der Waals surface area (Å²) in [5.74, 6) is -0.257. The first-order valence-corrected chi connectivity index (χ1v) is 8.26. The molecule has 0 N–H and O–H groups in total. The van der Waals surface area contributed by atoms with Gasteiger partial charge in [-0.05, 0) is 0 Å². The third-order valence-corrected chi connectivity index (χ3v) is 5.47. The summed E-state index contributed by atoms with van der Waals surface area (Å²) in [6.07, 6.45) is 1.43. The van der Waals surface area contributed by atoms with Crippen LogP contribution in [-0.2, 0) is 4.79 Å². The molecule has 0 aliphatic carbocycles. The average Bonchev–Trinajstić information content (AvgIpc) is 2.38. The monoisotopic (exact) mass is 390 g/mol. The molecular weight excluding hydrogens is 378 g/mol. The third-order valence-electron chi connectivity index (χ3n) is 2.33. The quantitative estimate of drug-likeness (QED) is 0.447. The summed E-state index contributed by atoms with van der Waals surface area (Å²) in [5.41, 5.74) is 0.961. The van der Waals surface area contributed by atoms with Gasteiger partial charge in [0.1, 0.15) is 0 Å². The molecule has 0 bridgehead atoms. The number of carbonyl (C=O) groups is 1. The summed E-state index contributed by atoms with van der Waals surface area (Å²) in [6.45, 7) is 0. The van der Waals surface area contributed by atoms with Crippen molar-refractivity contribution in [2.75, 3.05) is 0 Å². The van der Waals surface area contributed by atoms with Crippen molar-refractivity contribution in [2.45, 2.75) is 0 Å². The van der Waals surface area contributed by atoms with Gasteiger partial charge in [-0.15, -0.1) is 0 Å². The summed E-state index contributed by atoms with van der Waals surface area (Å²) in [4.78, 5) is 11.1. The SMILES string of the molecule is O=C(Cl)C=C([Te]c1cccc(F)c1)c1ccccc1. The van der Waals surface area contributed by atoms with Crippen LogP contribution in [0, 0.1) is 5.82 Å². The standard InChI is InChI=1S/C15H10ClFOTe/c16-15(18)10-14(11-5-2-1-3-6-11)19-13-8-4-7-12(17)9-13/h1-10H. The summed E-state index contributed by atoms with van der Waals surface area (Å²) in [7, 11) is 0. The summed E-state index contributed by atoms with van der Waals surface area (Å²) in [5, 5.41) is -0.500. The zero-order chi connectivity index (χ0) is 13.7. The van der Waals surface area contributed by atoms with Crippen LogP contribution in [0.15, 0.2) is 60.7 Å². The Bertz CT molecular complexity index is 611. The van der Waals surface area contributed by atoms with Crippen molar-refractivity contribution in [1.82, 2.24) is 0 Å². The van der Waals surface area contributed by atoms with Gasteiger partial charge in [-0.2, -0.15) is 0 Å². The molecule has 4 heteroatoms. The molecular formula is C15H10ClFOTe. The van der Waals surface area contributed by atoms with Crippen LogP contribution in [0.2, 0.25) is 0 Å². The second-order valence-corrected chi connectivity index (χ2v) is 7.29. The summed E-state index contributed by atoms with van der Waals surface area (Å²) in [6, 6.07) is 16.0. The molecule has 96 valence electrons. The van der Waals surface area contributed by atoms with E-state index >= 15 is 0 Å². The fourth-order valence-corrected chi connectivity index (χ4v) is 4.68. The molecule has 0 atom stereocenters. The van der Waals surface area contributed by atoms with E-state index in [4.69, 9.17) is 11.6 Å². The van der Waals surface area contributed by atoms with E-state index in [0.717, 1.165) is 12.8 Å². The molecule has 2 aromatic carbocycles. The Hall–Kier alpha value is -1.14. The molecule has 0 aliphatic heterocycles. The molecule has 1 nitrogen and oxygen atoms in total. The van der Waals surface area contributed by atoms with E-state index in [9.17, 15) is 9.18 Å². The van der Waals surface area contributed by atoms with Gasteiger partial charge in [0, 0.05) is 0 Å². The predicted octanol–water partition coefficient (Wildman–Crippen LogP) is 2.96. The molecule has 2 rings (SSSR count). The number of rotatable bonds is 4. The summed E-state index contributed by atoms with van der Waals surface area (Å²) >= 11 is 4.60. The molecule has 0 radical (unpaired) electrons. The predicted molar refractivity (Wildman–Crippen MR) is 77.1 cm³/mol. The van der Waals surface area contributed by atoms with Crippen molar-refractivity contribution in [2.24, 2.45) is 0 Å². The van der Waals surface area contributed by atoms with Crippen LogP contribution in [0.3, 0.4) is 0 Å². The molecule has 0 saturated heterocycles. The van der Waals surface area contributed by atoms with Crippen molar-refractivity contribution in [3.8, 4) is 0 Å². The molecule has 0 heterocycles. The van der Waals surface area contributed by atoms with Crippen LogP contribution in [-0.4, -0.2) is 26.2 Å². The van der Waals surface area contributed by atoms with Crippen molar-refractivity contribution in [3.63, 3.8) is 0 Å². The van der Waals surface area contributed by atoms with Crippen molar-refractivity contribution in [3.05, 3.63) is 72.1 Å². The van der Waals surface area contributed by atoms with E-state index in [1.165, 1.54) is 18.2 Å². The number of hydrogen-bond acceptors (Lipinski definition) is 1. The number of benzene rings is 2. The van der Waals surface area contributed by atoms with Crippen molar-refractivity contribution >= 4 is 45.0 Å². The van der Waals surface area contributed by atoms with Crippen LogP contribution >= 0.6 is 11.6 Å². The Morgan fingerprint density at radius 1 is 1.11 bits per heavy atom. The van der Waals surface area contributed by atoms with Gasteiger partial charge in [0.15, 0.2) is 0 Å². The Kier molecular flexibility index (Phi) is 5.15.